The van der Waals surface area contributed by atoms with Crippen molar-refractivity contribution in [3.63, 3.8) is 0 Å². The van der Waals surface area contributed by atoms with Crippen LogP contribution in [0.2, 0.25) is 0 Å². The summed E-state index contributed by atoms with van der Waals surface area (Å²) in [6.07, 6.45) is 0.0810. The second-order valence-corrected chi connectivity index (χ2v) is 25.3. The van der Waals surface area contributed by atoms with Crippen molar-refractivity contribution in [3.8, 4) is 0 Å². The Morgan fingerprint density at radius 2 is 1.07 bits per heavy atom. The van der Waals surface area contributed by atoms with E-state index in [0.717, 1.165) is 43.0 Å². The first-order valence-electron chi connectivity index (χ1n) is 31.1. The molecule has 96 heavy (non-hydrogen) atoms. The van der Waals surface area contributed by atoms with Crippen LogP contribution in [-0.4, -0.2) is 266 Å². The van der Waals surface area contributed by atoms with Crippen LogP contribution in [0.25, 0.3) is 0 Å². The Morgan fingerprint density at radius 3 is 1.62 bits per heavy atom. The van der Waals surface area contributed by atoms with E-state index >= 15 is 0 Å². The smallest absolute Gasteiger partial charge is 0.250 e. The average molecular weight is 1420 g/mol. The molecule has 0 aliphatic carbocycles. The lowest BCUT2D eigenvalue weighted by molar-refractivity contribution is -0.154. The van der Waals surface area contributed by atoms with Crippen LogP contribution in [0.4, 0.5) is 5.69 Å². The van der Waals surface area contributed by atoms with Gasteiger partial charge in [-0.05, 0) is 51.8 Å². The number of imide groups is 1. The van der Waals surface area contributed by atoms with Gasteiger partial charge in [0.2, 0.25) is 58.6 Å². The van der Waals surface area contributed by atoms with Crippen molar-refractivity contribution in [2.45, 2.75) is 94.4 Å². The van der Waals surface area contributed by atoms with Gasteiger partial charge >= 0.3 is 0 Å². The van der Waals surface area contributed by atoms with Gasteiger partial charge in [-0.15, -0.1) is 11.8 Å². The number of amides is 9. The molecule has 2 fully saturated rings. The lowest BCUT2D eigenvalue weighted by atomic mass is 9.72. The Bertz CT molecular complexity index is 2740. The van der Waals surface area contributed by atoms with Crippen molar-refractivity contribution in [2.75, 3.05) is 163 Å². The number of benzene rings is 1. The third-order valence-electron chi connectivity index (χ3n) is 14.0. The summed E-state index contributed by atoms with van der Waals surface area (Å²) in [7, 11) is 4.04. The highest BCUT2D eigenvalue weighted by atomic mass is 33.2. The number of Topliss-reactive ketones (excluding diaryl/α,β-unsaturated/α-hetero) is 6. The molecule has 2 aliphatic heterocycles. The topological polar surface area (TPSA) is 427 Å². The third-order valence-corrected chi connectivity index (χ3v) is 18.3. The number of likely N-dealkylation sites (tertiary alicyclic amines) is 1. The molecule has 0 aromatic heterocycles. The number of thioether (sulfide) groups is 1. The van der Waals surface area contributed by atoms with E-state index in [1.807, 2.05) is 0 Å². The van der Waals surface area contributed by atoms with Gasteiger partial charge in [0.25, 0.3) is 0 Å². The monoisotopic (exact) mass is 1410 g/mol. The lowest BCUT2D eigenvalue weighted by Crippen LogP contribution is -2.53. The number of nitrogens with one attached hydrogen (secondary N) is 7. The summed E-state index contributed by atoms with van der Waals surface area (Å²) >= 11 is 1.05. The van der Waals surface area contributed by atoms with Crippen LogP contribution in [0.1, 0.15) is 78.2 Å². The number of nitrogens with zero attached hydrogens (tertiary/aromatic N) is 1. The van der Waals surface area contributed by atoms with Gasteiger partial charge in [-0.3, -0.25) is 76.8 Å². The molecule has 2 heterocycles. The van der Waals surface area contributed by atoms with Crippen LogP contribution in [0.3, 0.4) is 0 Å². The second-order valence-electron chi connectivity index (χ2n) is 21.2. The molecule has 2 aliphatic rings. The Kier molecular flexibility index (Phi) is 41.2. The molecule has 9 amide bonds. The number of rotatable bonds is 57. The first-order valence-corrected chi connectivity index (χ1v) is 34.3. The van der Waals surface area contributed by atoms with E-state index in [0.29, 0.717) is 38.5 Å². The third kappa shape index (κ3) is 32.1. The molecular formula is C61H90N8O24S3. The van der Waals surface area contributed by atoms with Crippen molar-refractivity contribution in [2.24, 2.45) is 5.41 Å². The Hall–Kier alpha value is -6.64. The van der Waals surface area contributed by atoms with Crippen LogP contribution >= 0.6 is 33.3 Å². The summed E-state index contributed by atoms with van der Waals surface area (Å²) in [6, 6.07) is 5.37. The summed E-state index contributed by atoms with van der Waals surface area (Å²) in [4.78, 5) is 188. The standard InChI is InChI=1S/C61H90N8O24S3/c1-41(70)60(42(2)71,43(3)72)49(74)14-20-85-23-26-88-31-32-91-33-34-92-40-66-58(83)47(37-65-55(80)38-93-39-56(81)67-46-9-6-45(7-10-46)8-11-52(77)63-17-12-51(76)62-5)68-54(79)16-35-94-48-36-57(82)69(59(48)84)19-13-53(78)64-18-22-87-25-28-90-30-29-89-27-24-86-21-15-50(75)61(44(4)73)95-96-61/h6-7,9-10,47-48H,8,11-40H2,1-5H3,(H,62,76)(H,63,77)(H,64,78)(H,65,80)(H,66,83)(H,67,81)(H,68,79)/t47-,48?/m1/s1. The molecule has 1 unspecified atom stereocenters. The number of anilines is 1. The van der Waals surface area contributed by atoms with Gasteiger partial charge in [0.15, 0.2) is 38.8 Å². The number of carbonyl (C=O) groups is 15. The van der Waals surface area contributed by atoms with Gasteiger partial charge in [-0.1, -0.05) is 33.7 Å². The predicted molar refractivity (Wildman–Crippen MR) is 348 cm³/mol. The first kappa shape index (κ1) is 83.6. The molecule has 2 saturated heterocycles. The highest BCUT2D eigenvalue weighted by Crippen LogP contribution is 2.66. The van der Waals surface area contributed by atoms with Gasteiger partial charge in [0.05, 0.1) is 104 Å². The molecule has 32 nitrogen and oxygen atoms in total. The van der Waals surface area contributed by atoms with E-state index < -0.39 is 105 Å². The largest absolute Gasteiger partial charge is 0.379 e. The first-order chi connectivity index (χ1) is 46.0. The van der Waals surface area contributed by atoms with Crippen molar-refractivity contribution in [1.82, 2.24) is 36.8 Å². The molecule has 0 radical (unpaired) electrons. The maximum atomic E-state index is 13.4. The zero-order chi connectivity index (χ0) is 70.7. The molecule has 0 bridgehead atoms. The summed E-state index contributed by atoms with van der Waals surface area (Å²) in [5.74, 6) is -8.15. The highest BCUT2D eigenvalue weighted by Gasteiger charge is 2.57. The summed E-state index contributed by atoms with van der Waals surface area (Å²) in [5.41, 5.74) is -1.08. The minimum Gasteiger partial charge on any atom is -0.379 e. The fraction of sp³-hybridized carbons (Fsp3) is 0.656. The summed E-state index contributed by atoms with van der Waals surface area (Å²) in [5, 5.41) is 17.2. The van der Waals surface area contributed by atoms with Crippen LogP contribution < -0.4 is 37.2 Å². The molecule has 0 spiro atoms. The quantitative estimate of drug-likeness (QED) is 0.01000. The van der Waals surface area contributed by atoms with Crippen molar-refractivity contribution in [3.05, 3.63) is 29.8 Å². The van der Waals surface area contributed by atoms with Crippen molar-refractivity contribution >= 4 is 127 Å². The fourth-order valence-corrected chi connectivity index (χ4v) is 12.1. The molecule has 1 aromatic carbocycles. The number of hydrogen-bond acceptors (Lipinski definition) is 27. The van der Waals surface area contributed by atoms with Crippen LogP contribution in [0.5, 0.6) is 0 Å². The number of aryl methyl sites for hydroxylation is 1. The van der Waals surface area contributed by atoms with E-state index in [4.69, 9.17) is 42.6 Å². The van der Waals surface area contributed by atoms with Crippen LogP contribution in [-0.2, 0) is 121 Å². The molecule has 0 saturated carbocycles. The van der Waals surface area contributed by atoms with E-state index in [1.165, 1.54) is 35.6 Å². The minimum absolute atomic E-state index is 0.0161. The zero-order valence-electron chi connectivity index (χ0n) is 54.9. The molecular weight excluding hydrogens is 1320 g/mol. The molecule has 7 N–H and O–H groups in total. The van der Waals surface area contributed by atoms with Crippen LogP contribution in [0.15, 0.2) is 24.3 Å². The maximum absolute atomic E-state index is 13.4. The van der Waals surface area contributed by atoms with Crippen molar-refractivity contribution in [1.29, 1.82) is 0 Å². The van der Waals surface area contributed by atoms with Crippen LogP contribution in [0, 0.1) is 5.41 Å². The van der Waals surface area contributed by atoms with Crippen molar-refractivity contribution < 1.29 is 115 Å². The minimum atomic E-state index is -2.33. The molecule has 3 rings (SSSR count). The van der Waals surface area contributed by atoms with Gasteiger partial charge in [0, 0.05) is 89.6 Å². The SMILES string of the molecule is CNC(=O)CCNC(=O)CCc1ccc(NC(=O)COCC(=O)NC[C@@H](NC(=O)CCSC2CC(=O)N(CCC(=O)NCCOCCOCCOCCOCCC(=O)C3(C(C)=O)SS3)C2=O)C(=O)NCOCCOCCOCCOCCC(=O)C(C(C)=O)(C(C)=O)C(C)=O)cc1. The van der Waals surface area contributed by atoms with E-state index in [-0.39, 0.29) is 173 Å². The number of ketones is 6. The Balaban J connectivity index is 1.35. The van der Waals surface area contributed by atoms with Gasteiger partial charge in [-0.25, -0.2) is 0 Å². The molecule has 35 heteroatoms. The molecule has 1 aromatic rings. The highest BCUT2D eigenvalue weighted by molar-refractivity contribution is 8.94. The normalized spacial score (nSPS) is 14.3. The fourth-order valence-electron chi connectivity index (χ4n) is 8.80. The molecule has 2 atom stereocenters. The van der Waals surface area contributed by atoms with E-state index in [1.54, 1.807) is 24.3 Å². The predicted octanol–water partition coefficient (Wildman–Crippen LogP) is -1.26. The van der Waals surface area contributed by atoms with Gasteiger partial charge in [0.1, 0.15) is 26.0 Å². The molecule has 536 valence electrons. The van der Waals surface area contributed by atoms with E-state index in [2.05, 4.69) is 37.2 Å². The summed E-state index contributed by atoms with van der Waals surface area (Å²) < 4.78 is 47.8. The Labute approximate surface area is 568 Å². The van der Waals surface area contributed by atoms with Gasteiger partial charge in [-0.2, -0.15) is 0 Å². The Morgan fingerprint density at radius 1 is 0.552 bits per heavy atom. The second kappa shape index (κ2) is 47.3. The zero-order valence-corrected chi connectivity index (χ0v) is 57.3. The van der Waals surface area contributed by atoms with E-state index in [9.17, 15) is 71.9 Å². The maximum Gasteiger partial charge on any atom is 0.250 e. The lowest BCUT2D eigenvalue weighted by Gasteiger charge is -2.23. The summed E-state index contributed by atoms with van der Waals surface area (Å²) in [6.45, 7) is 5.39. The number of hydrogen-bond donors (Lipinski definition) is 7. The average Bonchev–Trinajstić information content (AvgIpc) is 1.35. The van der Waals surface area contributed by atoms with Gasteiger partial charge < -0.3 is 79.8 Å². The number of ether oxygens (including phenoxy) is 9. The number of carbonyl (C=O) groups excluding carboxylic acids is 15.